The lowest BCUT2D eigenvalue weighted by molar-refractivity contribution is 0.542. The summed E-state index contributed by atoms with van der Waals surface area (Å²) in [5, 5.41) is 0. The fourth-order valence-corrected chi connectivity index (χ4v) is 2.13. The maximum atomic E-state index is 5.77. The Bertz CT molecular complexity index is 235. The van der Waals surface area contributed by atoms with Crippen LogP contribution in [-0.2, 0) is 0 Å². The Balaban J connectivity index is 2.55. The molecule has 0 nitrogen and oxygen atoms in total. The van der Waals surface area contributed by atoms with Crippen LogP contribution in [0, 0.1) is 0 Å². The van der Waals surface area contributed by atoms with E-state index in [4.69, 9.17) is 11.6 Å². The highest BCUT2D eigenvalue weighted by Crippen LogP contribution is 2.26. The van der Waals surface area contributed by atoms with E-state index in [0.717, 1.165) is 12.3 Å². The van der Waals surface area contributed by atoms with Crippen LogP contribution >= 0.6 is 11.6 Å². The molecule has 1 aromatic carbocycles. The molecule has 0 saturated heterocycles. The summed E-state index contributed by atoms with van der Waals surface area (Å²) in [6.07, 6.45) is 6.27. The normalized spacial score (nSPS) is 12.7. The number of rotatable bonds is 7. The fourth-order valence-electron chi connectivity index (χ4n) is 1.98. The van der Waals surface area contributed by atoms with Crippen LogP contribution in [-0.4, -0.2) is 5.88 Å². The van der Waals surface area contributed by atoms with Gasteiger partial charge in [0.25, 0.3) is 0 Å². The SMILES string of the molecule is CCCCC(CCCCl)c1ccccc1. The number of alkyl halides is 1. The summed E-state index contributed by atoms with van der Waals surface area (Å²) in [5.41, 5.74) is 1.48. The zero-order valence-corrected chi connectivity index (χ0v) is 10.3. The summed E-state index contributed by atoms with van der Waals surface area (Å²) in [5.74, 6) is 1.50. The topological polar surface area (TPSA) is 0 Å². The summed E-state index contributed by atoms with van der Waals surface area (Å²) in [6.45, 7) is 2.25. The average Bonchev–Trinajstić information content (AvgIpc) is 2.30. The Morgan fingerprint density at radius 1 is 1.07 bits per heavy atom. The van der Waals surface area contributed by atoms with Crippen molar-refractivity contribution in [1.82, 2.24) is 0 Å². The molecule has 1 rings (SSSR count). The van der Waals surface area contributed by atoms with Crippen LogP contribution in [0.5, 0.6) is 0 Å². The quantitative estimate of drug-likeness (QED) is 0.573. The van der Waals surface area contributed by atoms with Gasteiger partial charge in [0.15, 0.2) is 0 Å². The van der Waals surface area contributed by atoms with E-state index in [1.165, 1.54) is 31.2 Å². The first-order valence-electron chi connectivity index (χ1n) is 5.99. The molecule has 0 bridgehead atoms. The van der Waals surface area contributed by atoms with Gasteiger partial charge in [-0.15, -0.1) is 11.6 Å². The number of hydrogen-bond donors (Lipinski definition) is 0. The molecule has 1 aromatic rings. The number of hydrogen-bond acceptors (Lipinski definition) is 0. The lowest BCUT2D eigenvalue weighted by Gasteiger charge is -2.16. The molecule has 0 saturated carbocycles. The third-order valence-corrected chi connectivity index (χ3v) is 3.13. The zero-order valence-electron chi connectivity index (χ0n) is 9.58. The van der Waals surface area contributed by atoms with Crippen molar-refractivity contribution in [2.24, 2.45) is 0 Å². The number of halogens is 1. The minimum Gasteiger partial charge on any atom is -0.127 e. The highest BCUT2D eigenvalue weighted by molar-refractivity contribution is 6.17. The number of unbranched alkanes of at least 4 members (excludes halogenated alkanes) is 1. The predicted octanol–water partition coefficient (Wildman–Crippen LogP) is 4.98. The van der Waals surface area contributed by atoms with E-state index >= 15 is 0 Å². The van der Waals surface area contributed by atoms with Gasteiger partial charge in [0.05, 0.1) is 0 Å². The van der Waals surface area contributed by atoms with E-state index in [-0.39, 0.29) is 0 Å². The highest BCUT2D eigenvalue weighted by Gasteiger charge is 2.09. The Hall–Kier alpha value is -0.490. The molecule has 0 spiro atoms. The molecule has 15 heavy (non-hydrogen) atoms. The van der Waals surface area contributed by atoms with E-state index in [0.29, 0.717) is 5.92 Å². The first kappa shape index (κ1) is 12.6. The molecule has 1 atom stereocenters. The van der Waals surface area contributed by atoms with Gasteiger partial charge < -0.3 is 0 Å². The monoisotopic (exact) mass is 224 g/mol. The van der Waals surface area contributed by atoms with E-state index in [1.54, 1.807) is 0 Å². The first-order valence-corrected chi connectivity index (χ1v) is 6.52. The standard InChI is InChI=1S/C14H21Cl/c1-2-3-8-13(11-7-12-15)14-9-5-4-6-10-14/h4-6,9-10,13H,2-3,7-8,11-12H2,1H3. The van der Waals surface area contributed by atoms with Gasteiger partial charge in [-0.2, -0.15) is 0 Å². The lowest BCUT2D eigenvalue weighted by Crippen LogP contribution is -1.99. The number of benzene rings is 1. The molecule has 84 valence electrons. The molecule has 0 amide bonds. The van der Waals surface area contributed by atoms with Crippen LogP contribution in [0.3, 0.4) is 0 Å². The van der Waals surface area contributed by atoms with Crippen molar-refractivity contribution >= 4 is 11.6 Å². The minimum atomic E-state index is 0.713. The molecular weight excluding hydrogens is 204 g/mol. The summed E-state index contributed by atoms with van der Waals surface area (Å²) >= 11 is 5.77. The van der Waals surface area contributed by atoms with Crippen molar-refractivity contribution in [3.8, 4) is 0 Å². The molecule has 0 aliphatic heterocycles. The lowest BCUT2D eigenvalue weighted by atomic mass is 9.90. The van der Waals surface area contributed by atoms with Crippen molar-refractivity contribution in [2.75, 3.05) is 5.88 Å². The molecule has 0 radical (unpaired) electrons. The van der Waals surface area contributed by atoms with Crippen LogP contribution in [0.4, 0.5) is 0 Å². The third-order valence-electron chi connectivity index (χ3n) is 2.86. The van der Waals surface area contributed by atoms with Gasteiger partial charge in [0, 0.05) is 5.88 Å². The summed E-state index contributed by atoms with van der Waals surface area (Å²) in [6, 6.07) is 10.8. The smallest absolute Gasteiger partial charge is 0.0223 e. The molecule has 0 aliphatic carbocycles. The predicted molar refractivity (Wildman–Crippen MR) is 68.7 cm³/mol. The molecule has 1 unspecified atom stereocenters. The highest BCUT2D eigenvalue weighted by atomic mass is 35.5. The van der Waals surface area contributed by atoms with Crippen molar-refractivity contribution in [2.45, 2.75) is 44.9 Å². The Labute approximate surface area is 98.7 Å². The third kappa shape index (κ3) is 4.70. The fraction of sp³-hybridized carbons (Fsp3) is 0.571. The zero-order chi connectivity index (χ0) is 10.9. The first-order chi connectivity index (χ1) is 7.38. The van der Waals surface area contributed by atoms with E-state index in [2.05, 4.69) is 37.3 Å². The molecule has 0 aromatic heterocycles. The van der Waals surface area contributed by atoms with Crippen molar-refractivity contribution in [3.63, 3.8) is 0 Å². The average molecular weight is 225 g/mol. The van der Waals surface area contributed by atoms with Gasteiger partial charge in [-0.25, -0.2) is 0 Å². The largest absolute Gasteiger partial charge is 0.127 e. The molecule has 0 N–H and O–H groups in total. The molecule has 0 heterocycles. The minimum absolute atomic E-state index is 0.713. The van der Waals surface area contributed by atoms with Gasteiger partial charge in [-0.05, 0) is 30.7 Å². The van der Waals surface area contributed by atoms with E-state index < -0.39 is 0 Å². The van der Waals surface area contributed by atoms with Crippen LogP contribution in [0.2, 0.25) is 0 Å². The van der Waals surface area contributed by atoms with Crippen LogP contribution in [0.1, 0.15) is 50.5 Å². The Morgan fingerprint density at radius 2 is 1.73 bits per heavy atom. The Kier molecular flexibility index (Phi) is 6.50. The summed E-state index contributed by atoms with van der Waals surface area (Å²) in [7, 11) is 0. The second-order valence-corrected chi connectivity index (χ2v) is 4.46. The summed E-state index contributed by atoms with van der Waals surface area (Å²) < 4.78 is 0. The van der Waals surface area contributed by atoms with Crippen molar-refractivity contribution < 1.29 is 0 Å². The molecule has 0 aliphatic rings. The maximum absolute atomic E-state index is 5.77. The second kappa shape index (κ2) is 7.76. The van der Waals surface area contributed by atoms with Gasteiger partial charge >= 0.3 is 0 Å². The van der Waals surface area contributed by atoms with Gasteiger partial charge in [-0.1, -0.05) is 50.1 Å². The van der Waals surface area contributed by atoms with Gasteiger partial charge in [-0.3, -0.25) is 0 Å². The summed E-state index contributed by atoms with van der Waals surface area (Å²) in [4.78, 5) is 0. The van der Waals surface area contributed by atoms with Gasteiger partial charge in [0.1, 0.15) is 0 Å². The van der Waals surface area contributed by atoms with E-state index in [9.17, 15) is 0 Å². The maximum Gasteiger partial charge on any atom is 0.0223 e. The molecule has 1 heteroatoms. The van der Waals surface area contributed by atoms with Crippen LogP contribution in [0.25, 0.3) is 0 Å². The second-order valence-electron chi connectivity index (χ2n) is 4.08. The van der Waals surface area contributed by atoms with Crippen LogP contribution < -0.4 is 0 Å². The molecular formula is C14H21Cl. The van der Waals surface area contributed by atoms with Crippen LogP contribution in [0.15, 0.2) is 30.3 Å². The van der Waals surface area contributed by atoms with E-state index in [1.807, 2.05) is 0 Å². The molecule has 0 fully saturated rings. The Morgan fingerprint density at radius 3 is 2.33 bits per heavy atom. The van der Waals surface area contributed by atoms with Crippen molar-refractivity contribution in [3.05, 3.63) is 35.9 Å². The van der Waals surface area contributed by atoms with Crippen molar-refractivity contribution in [1.29, 1.82) is 0 Å². The van der Waals surface area contributed by atoms with Gasteiger partial charge in [0.2, 0.25) is 0 Å².